The third-order valence-corrected chi connectivity index (χ3v) is 7.96. The van der Waals surface area contributed by atoms with Gasteiger partial charge < -0.3 is 15.0 Å². The summed E-state index contributed by atoms with van der Waals surface area (Å²) in [5.74, 6) is -0.889. The highest BCUT2D eigenvalue weighted by atomic mass is 32.1. The second-order valence-electron chi connectivity index (χ2n) is 8.83. The summed E-state index contributed by atoms with van der Waals surface area (Å²) >= 11 is 1.65. The summed E-state index contributed by atoms with van der Waals surface area (Å²) in [5.41, 5.74) is 1.88. The minimum absolute atomic E-state index is 0.0141. The average molecular weight is 421 g/mol. The minimum Gasteiger partial charge on any atom is -0.360 e. The fourth-order valence-corrected chi connectivity index (χ4v) is 6.49. The normalized spacial score (nSPS) is 33.6. The fourth-order valence-electron chi connectivity index (χ4n) is 5.77. The Morgan fingerprint density at radius 2 is 2.17 bits per heavy atom. The van der Waals surface area contributed by atoms with Gasteiger partial charge in [-0.15, -0.1) is 11.3 Å². The zero-order valence-corrected chi connectivity index (χ0v) is 17.4. The van der Waals surface area contributed by atoms with Gasteiger partial charge in [0.2, 0.25) is 11.8 Å². The number of nitrogens with zero attached hydrogens (tertiary/aromatic N) is 1. The molecule has 1 aliphatic carbocycles. The molecule has 1 aromatic carbocycles. The van der Waals surface area contributed by atoms with Gasteiger partial charge in [-0.1, -0.05) is 42.5 Å². The van der Waals surface area contributed by atoms with Crippen LogP contribution >= 0.6 is 11.3 Å². The van der Waals surface area contributed by atoms with Gasteiger partial charge in [0, 0.05) is 4.88 Å². The lowest BCUT2D eigenvalue weighted by Crippen LogP contribution is -2.45. The van der Waals surface area contributed by atoms with E-state index in [0.717, 1.165) is 24.1 Å². The van der Waals surface area contributed by atoms with Crippen LogP contribution in [0.5, 0.6) is 0 Å². The molecule has 2 amide bonds. The fraction of sp³-hybridized carbons (Fsp3) is 0.417. The first-order valence-corrected chi connectivity index (χ1v) is 11.6. The van der Waals surface area contributed by atoms with Gasteiger partial charge >= 0.3 is 0 Å². The van der Waals surface area contributed by atoms with Gasteiger partial charge in [-0.25, -0.2) is 0 Å². The number of aryl methyl sites for hydroxylation is 1. The van der Waals surface area contributed by atoms with Gasteiger partial charge in [0.15, 0.2) is 0 Å². The van der Waals surface area contributed by atoms with Crippen LogP contribution in [0.25, 0.3) is 0 Å². The molecule has 5 atom stereocenters. The third-order valence-electron chi connectivity index (χ3n) is 7.09. The molecule has 2 fully saturated rings. The number of likely N-dealkylation sites (tertiary alicyclic amines) is 1. The van der Waals surface area contributed by atoms with E-state index in [9.17, 15) is 9.59 Å². The van der Waals surface area contributed by atoms with E-state index in [0.29, 0.717) is 13.1 Å². The maximum absolute atomic E-state index is 13.4. The van der Waals surface area contributed by atoms with Crippen molar-refractivity contribution in [2.24, 2.45) is 11.8 Å². The highest BCUT2D eigenvalue weighted by Gasteiger charge is 2.66. The number of hydrogen-bond acceptors (Lipinski definition) is 4. The lowest BCUT2D eigenvalue weighted by Gasteiger charge is -2.29. The summed E-state index contributed by atoms with van der Waals surface area (Å²) in [6, 6.07) is 12.4. The van der Waals surface area contributed by atoms with Crippen molar-refractivity contribution in [2.75, 3.05) is 6.54 Å². The highest BCUT2D eigenvalue weighted by Crippen LogP contribution is 2.52. The van der Waals surface area contributed by atoms with Crippen molar-refractivity contribution in [1.29, 1.82) is 0 Å². The van der Waals surface area contributed by atoms with Gasteiger partial charge in [0.1, 0.15) is 5.60 Å². The smallest absolute Gasteiger partial charge is 0.230 e. The molecular formula is C24H24N2O3S. The van der Waals surface area contributed by atoms with Crippen LogP contribution in [0.15, 0.2) is 53.9 Å². The topological polar surface area (TPSA) is 58.6 Å². The molecule has 1 N–H and O–H groups in total. The summed E-state index contributed by atoms with van der Waals surface area (Å²) in [6.45, 7) is 1.11. The maximum atomic E-state index is 13.4. The van der Waals surface area contributed by atoms with E-state index in [1.807, 2.05) is 40.6 Å². The molecule has 4 heterocycles. The van der Waals surface area contributed by atoms with Gasteiger partial charge in [0.25, 0.3) is 0 Å². The molecule has 3 aliphatic heterocycles. The van der Waals surface area contributed by atoms with E-state index in [4.69, 9.17) is 4.74 Å². The van der Waals surface area contributed by atoms with Crippen molar-refractivity contribution in [1.82, 2.24) is 10.2 Å². The Hall–Kier alpha value is -2.44. The molecule has 2 saturated heterocycles. The average Bonchev–Trinajstić information content (AvgIpc) is 3.52. The lowest BCUT2D eigenvalue weighted by atomic mass is 9.76. The number of carbonyl (C=O) groups is 2. The Kier molecular flexibility index (Phi) is 4.15. The van der Waals surface area contributed by atoms with Crippen molar-refractivity contribution in [3.63, 3.8) is 0 Å². The van der Waals surface area contributed by atoms with E-state index in [2.05, 4.69) is 23.5 Å². The molecule has 6 rings (SSSR count). The molecule has 5 nitrogen and oxygen atoms in total. The van der Waals surface area contributed by atoms with Crippen LogP contribution in [0.4, 0.5) is 0 Å². The largest absolute Gasteiger partial charge is 0.360 e. The lowest BCUT2D eigenvalue weighted by molar-refractivity contribution is -0.138. The molecule has 2 aromatic rings. The molecule has 0 saturated carbocycles. The molecule has 0 radical (unpaired) electrons. The van der Waals surface area contributed by atoms with Crippen LogP contribution in [0.1, 0.15) is 34.9 Å². The zero-order chi connectivity index (χ0) is 20.3. The van der Waals surface area contributed by atoms with E-state index < -0.39 is 17.4 Å². The van der Waals surface area contributed by atoms with E-state index in [1.165, 1.54) is 11.1 Å². The molecule has 1 spiro atoms. The van der Waals surface area contributed by atoms with Gasteiger partial charge in [-0.3, -0.25) is 9.59 Å². The van der Waals surface area contributed by atoms with Crippen molar-refractivity contribution in [3.8, 4) is 0 Å². The van der Waals surface area contributed by atoms with E-state index >= 15 is 0 Å². The predicted molar refractivity (Wildman–Crippen MR) is 114 cm³/mol. The molecule has 2 bridgehead atoms. The van der Waals surface area contributed by atoms with Gasteiger partial charge in [0.05, 0.1) is 37.1 Å². The summed E-state index contributed by atoms with van der Waals surface area (Å²) in [7, 11) is 0. The van der Waals surface area contributed by atoms with Gasteiger partial charge in [-0.05, 0) is 41.8 Å². The summed E-state index contributed by atoms with van der Waals surface area (Å²) in [6.07, 6.45) is 6.76. The molecule has 5 unspecified atom stereocenters. The highest BCUT2D eigenvalue weighted by molar-refractivity contribution is 7.09. The van der Waals surface area contributed by atoms with Crippen LogP contribution in [0.2, 0.25) is 0 Å². The molecule has 30 heavy (non-hydrogen) atoms. The van der Waals surface area contributed by atoms with Crippen molar-refractivity contribution >= 4 is 23.2 Å². The number of rotatable bonds is 4. The summed E-state index contributed by atoms with van der Waals surface area (Å²) in [5, 5.41) is 5.29. The first kappa shape index (κ1) is 18.3. The Morgan fingerprint density at radius 3 is 3.03 bits per heavy atom. The van der Waals surface area contributed by atoms with Crippen LogP contribution in [-0.2, 0) is 27.3 Å². The first-order chi connectivity index (χ1) is 14.6. The maximum Gasteiger partial charge on any atom is 0.230 e. The zero-order valence-electron chi connectivity index (χ0n) is 16.6. The van der Waals surface area contributed by atoms with Crippen LogP contribution in [0, 0.1) is 11.8 Å². The number of carbonyl (C=O) groups excluding carboxylic acids is 2. The Labute approximate surface area is 179 Å². The molecule has 6 heteroatoms. The predicted octanol–water partition coefficient (Wildman–Crippen LogP) is 3.22. The number of hydrogen-bond donors (Lipinski definition) is 1. The Morgan fingerprint density at radius 1 is 1.27 bits per heavy atom. The second kappa shape index (κ2) is 6.79. The van der Waals surface area contributed by atoms with E-state index in [1.54, 1.807) is 11.3 Å². The number of benzene rings is 1. The van der Waals surface area contributed by atoms with Crippen molar-refractivity contribution in [2.45, 2.75) is 43.6 Å². The quantitative estimate of drug-likeness (QED) is 0.773. The van der Waals surface area contributed by atoms with Crippen LogP contribution in [0.3, 0.4) is 0 Å². The summed E-state index contributed by atoms with van der Waals surface area (Å²) < 4.78 is 6.27. The number of ether oxygens (including phenoxy) is 1. The van der Waals surface area contributed by atoms with Crippen LogP contribution < -0.4 is 5.32 Å². The van der Waals surface area contributed by atoms with E-state index in [-0.39, 0.29) is 24.0 Å². The van der Waals surface area contributed by atoms with Crippen LogP contribution in [-0.4, -0.2) is 35.0 Å². The SMILES string of the molecule is O=C(NC1CCCc2ccccc21)C1C2C=CC3(CN(Cc4cccs4)C(=O)C13)O2. The van der Waals surface area contributed by atoms with Crippen molar-refractivity contribution in [3.05, 3.63) is 69.9 Å². The first-order valence-electron chi connectivity index (χ1n) is 10.7. The second-order valence-corrected chi connectivity index (χ2v) is 9.86. The monoisotopic (exact) mass is 420 g/mol. The Bertz CT molecular complexity index is 1030. The number of thiophene rings is 1. The third kappa shape index (κ3) is 2.70. The Balaban J connectivity index is 1.24. The molecule has 154 valence electrons. The van der Waals surface area contributed by atoms with Crippen molar-refractivity contribution < 1.29 is 14.3 Å². The minimum atomic E-state index is -0.647. The molecular weight excluding hydrogens is 396 g/mol. The van der Waals surface area contributed by atoms with Gasteiger partial charge in [-0.2, -0.15) is 0 Å². The standard InChI is InChI=1S/C24H24N2O3S/c27-22(25-18-9-3-6-15-5-1-2-8-17(15)18)20-19-10-11-24(29-19)14-26(23(28)21(20)24)13-16-7-4-12-30-16/h1-2,4-5,7-8,10-12,18-21H,3,6,9,13-14H2,(H,25,27). The number of nitrogens with one attached hydrogen (secondary N) is 1. The molecule has 4 aliphatic rings. The number of fused-ring (bicyclic) bond motifs is 2. The number of amides is 2. The summed E-state index contributed by atoms with van der Waals surface area (Å²) in [4.78, 5) is 29.8. The molecule has 1 aromatic heterocycles.